The monoisotopic (exact) mass is 395 g/mol. The molecule has 0 bridgehead atoms. The molecule has 0 fully saturated rings. The summed E-state index contributed by atoms with van der Waals surface area (Å²) in [5.74, 6) is 0. The molecule has 0 saturated carbocycles. The topological polar surface area (TPSA) is 46.2 Å². The molecule has 0 aliphatic carbocycles. The fraction of sp³-hybridized carbons (Fsp3) is 0.214. The van der Waals surface area contributed by atoms with Crippen LogP contribution < -0.4 is 5.73 Å². The molecule has 0 aliphatic rings. The third kappa shape index (κ3) is 4.46. The smallest absolute Gasteiger partial charge is 0.0919 e. The van der Waals surface area contributed by atoms with Crippen molar-refractivity contribution in [2.24, 2.45) is 5.73 Å². The van der Waals surface area contributed by atoms with Gasteiger partial charge in [0, 0.05) is 12.8 Å². The van der Waals surface area contributed by atoms with Crippen molar-refractivity contribution in [2.75, 3.05) is 0 Å². The maximum atomic E-state index is 12.0. The van der Waals surface area contributed by atoms with Gasteiger partial charge in [-0.1, -0.05) is 96.1 Å². The van der Waals surface area contributed by atoms with Crippen LogP contribution in [0.1, 0.15) is 33.9 Å². The van der Waals surface area contributed by atoms with Gasteiger partial charge < -0.3 is 10.8 Å². The van der Waals surface area contributed by atoms with Crippen molar-refractivity contribution in [3.05, 3.63) is 119 Å². The molecule has 30 heavy (non-hydrogen) atoms. The van der Waals surface area contributed by atoms with E-state index in [2.05, 4.69) is 74.5 Å². The first kappa shape index (κ1) is 20.3. The summed E-state index contributed by atoms with van der Waals surface area (Å²) in [5, 5.41) is 14.3. The summed E-state index contributed by atoms with van der Waals surface area (Å²) in [6.07, 6.45) is 0.993. The van der Waals surface area contributed by atoms with Crippen LogP contribution in [-0.2, 0) is 12.8 Å². The fourth-order valence-electron chi connectivity index (χ4n) is 4.35. The largest absolute Gasteiger partial charge is 0.387 e. The van der Waals surface area contributed by atoms with Gasteiger partial charge in [0.1, 0.15) is 0 Å². The van der Waals surface area contributed by atoms with E-state index in [1.807, 2.05) is 30.3 Å². The van der Waals surface area contributed by atoms with Gasteiger partial charge in [0.2, 0.25) is 0 Å². The van der Waals surface area contributed by atoms with Crippen LogP contribution in [0.5, 0.6) is 0 Å². The molecule has 0 spiro atoms. The second-order valence-electron chi connectivity index (χ2n) is 8.52. The summed E-state index contributed by atoms with van der Waals surface area (Å²) in [4.78, 5) is 0. The zero-order valence-electron chi connectivity index (χ0n) is 17.7. The Morgan fingerprint density at radius 1 is 0.700 bits per heavy atom. The second-order valence-corrected chi connectivity index (χ2v) is 8.52. The summed E-state index contributed by atoms with van der Waals surface area (Å²) in [5.41, 5.74) is 11.2. The number of aryl methyl sites for hydroxylation is 2. The van der Waals surface area contributed by atoms with Crippen LogP contribution in [0.2, 0.25) is 0 Å². The van der Waals surface area contributed by atoms with Crippen LogP contribution in [0.25, 0.3) is 10.8 Å². The molecule has 2 heteroatoms. The van der Waals surface area contributed by atoms with Gasteiger partial charge >= 0.3 is 0 Å². The predicted octanol–water partition coefficient (Wildman–Crippen LogP) is 5.67. The Hall–Kier alpha value is -2.94. The Bertz CT molecular complexity index is 1120. The van der Waals surface area contributed by atoms with E-state index in [1.54, 1.807) is 0 Å². The van der Waals surface area contributed by atoms with E-state index in [-0.39, 0.29) is 0 Å². The molecule has 2 nitrogen and oxygen atoms in total. The zero-order chi connectivity index (χ0) is 21.1. The summed E-state index contributed by atoms with van der Waals surface area (Å²) in [6.45, 7) is 4.15. The predicted molar refractivity (Wildman–Crippen MR) is 126 cm³/mol. The number of benzene rings is 4. The third-order valence-corrected chi connectivity index (χ3v) is 5.90. The lowest BCUT2D eigenvalue weighted by atomic mass is 9.79. The lowest BCUT2D eigenvalue weighted by molar-refractivity contribution is 0.0137. The van der Waals surface area contributed by atoms with Crippen molar-refractivity contribution >= 4 is 10.8 Å². The Kier molecular flexibility index (Phi) is 5.72. The fourth-order valence-corrected chi connectivity index (χ4v) is 4.35. The molecule has 0 saturated heterocycles. The van der Waals surface area contributed by atoms with Gasteiger partial charge in [-0.25, -0.2) is 0 Å². The third-order valence-electron chi connectivity index (χ3n) is 5.90. The summed E-state index contributed by atoms with van der Waals surface area (Å²) in [6, 6.07) is 30.6. The second kappa shape index (κ2) is 8.43. The first-order valence-corrected chi connectivity index (χ1v) is 10.5. The average Bonchev–Trinajstić information content (AvgIpc) is 2.73. The zero-order valence-corrected chi connectivity index (χ0v) is 17.7. The molecular formula is C28H29NO. The Morgan fingerprint density at radius 3 is 1.83 bits per heavy atom. The number of aliphatic hydroxyl groups is 1. The van der Waals surface area contributed by atoms with Gasteiger partial charge in [-0.15, -0.1) is 0 Å². The van der Waals surface area contributed by atoms with Crippen LogP contribution in [-0.4, -0.2) is 10.7 Å². The molecule has 0 aliphatic heterocycles. The number of rotatable bonds is 6. The minimum Gasteiger partial charge on any atom is -0.387 e. The Balaban J connectivity index is 1.73. The molecule has 0 aromatic heterocycles. The van der Waals surface area contributed by atoms with Crippen LogP contribution in [0.15, 0.2) is 91.0 Å². The highest BCUT2D eigenvalue weighted by atomic mass is 16.3. The molecule has 4 rings (SSSR count). The number of fused-ring (bicyclic) bond motifs is 1. The molecule has 152 valence electrons. The first-order valence-electron chi connectivity index (χ1n) is 10.5. The SMILES string of the molecule is Cc1cccc(CC(O)(Cc2cccc(C)c2)C(N)c2ccc3ccccc3c2)c1. The van der Waals surface area contributed by atoms with Crippen LogP contribution >= 0.6 is 0 Å². The highest BCUT2D eigenvalue weighted by molar-refractivity contribution is 5.83. The Morgan fingerprint density at radius 2 is 1.27 bits per heavy atom. The first-order chi connectivity index (χ1) is 14.4. The number of nitrogens with two attached hydrogens (primary N) is 1. The van der Waals surface area contributed by atoms with Crippen LogP contribution in [0.4, 0.5) is 0 Å². The number of hydrogen-bond donors (Lipinski definition) is 2. The van der Waals surface area contributed by atoms with Gasteiger partial charge in [-0.05, 0) is 47.4 Å². The van der Waals surface area contributed by atoms with E-state index in [4.69, 9.17) is 5.73 Å². The maximum Gasteiger partial charge on any atom is 0.0919 e. The molecule has 4 aromatic carbocycles. The lowest BCUT2D eigenvalue weighted by Crippen LogP contribution is -2.45. The van der Waals surface area contributed by atoms with E-state index >= 15 is 0 Å². The van der Waals surface area contributed by atoms with Crippen LogP contribution in [0, 0.1) is 13.8 Å². The molecular weight excluding hydrogens is 366 g/mol. The molecule has 0 amide bonds. The van der Waals surface area contributed by atoms with Gasteiger partial charge in [-0.2, -0.15) is 0 Å². The normalized spacial score (nSPS) is 12.8. The standard InChI is InChI=1S/C28H29NO/c1-20-7-5-9-22(15-20)18-28(30,19-23-10-6-8-21(2)16-23)27(29)26-14-13-24-11-3-4-12-25(24)17-26/h3-17,27,30H,18-19,29H2,1-2H3. The Labute approximate surface area is 179 Å². The van der Waals surface area contributed by atoms with Crippen molar-refractivity contribution < 1.29 is 5.11 Å². The summed E-state index contributed by atoms with van der Waals surface area (Å²) in [7, 11) is 0. The van der Waals surface area contributed by atoms with Gasteiger partial charge in [0.15, 0.2) is 0 Å². The van der Waals surface area contributed by atoms with E-state index in [9.17, 15) is 5.11 Å². The highest BCUT2D eigenvalue weighted by Crippen LogP contribution is 2.33. The number of hydrogen-bond acceptors (Lipinski definition) is 2. The maximum absolute atomic E-state index is 12.0. The highest BCUT2D eigenvalue weighted by Gasteiger charge is 2.36. The average molecular weight is 396 g/mol. The molecule has 4 aromatic rings. The van der Waals surface area contributed by atoms with Gasteiger partial charge in [0.05, 0.1) is 11.6 Å². The van der Waals surface area contributed by atoms with E-state index in [1.165, 1.54) is 16.5 Å². The van der Waals surface area contributed by atoms with E-state index < -0.39 is 11.6 Å². The lowest BCUT2D eigenvalue weighted by Gasteiger charge is -2.35. The summed E-state index contributed by atoms with van der Waals surface area (Å²) < 4.78 is 0. The quantitative estimate of drug-likeness (QED) is 0.442. The van der Waals surface area contributed by atoms with Crippen molar-refractivity contribution in [2.45, 2.75) is 38.3 Å². The van der Waals surface area contributed by atoms with E-state index in [0.29, 0.717) is 12.8 Å². The van der Waals surface area contributed by atoms with Crippen molar-refractivity contribution in [1.82, 2.24) is 0 Å². The molecule has 0 radical (unpaired) electrons. The molecule has 1 unspecified atom stereocenters. The van der Waals surface area contributed by atoms with Crippen molar-refractivity contribution in [3.8, 4) is 0 Å². The summed E-state index contributed by atoms with van der Waals surface area (Å²) >= 11 is 0. The molecule has 3 N–H and O–H groups in total. The molecule has 0 heterocycles. The van der Waals surface area contributed by atoms with Crippen molar-refractivity contribution in [3.63, 3.8) is 0 Å². The minimum absolute atomic E-state index is 0.497. The van der Waals surface area contributed by atoms with Gasteiger partial charge in [0.25, 0.3) is 0 Å². The van der Waals surface area contributed by atoms with Crippen LogP contribution in [0.3, 0.4) is 0 Å². The van der Waals surface area contributed by atoms with Crippen molar-refractivity contribution in [1.29, 1.82) is 0 Å². The minimum atomic E-state index is -1.11. The molecule has 1 atom stereocenters. The van der Waals surface area contributed by atoms with Gasteiger partial charge in [-0.3, -0.25) is 0 Å². The van der Waals surface area contributed by atoms with E-state index in [0.717, 1.165) is 22.1 Å².